The van der Waals surface area contributed by atoms with Gasteiger partial charge in [-0.2, -0.15) is 0 Å². The number of fused-ring (bicyclic) bond motifs is 1. The molecule has 104 valence electrons. The Hall–Kier alpha value is -2.10. The number of carbonyl (C=O) groups is 1. The van der Waals surface area contributed by atoms with Gasteiger partial charge in [-0.1, -0.05) is 19.1 Å². The van der Waals surface area contributed by atoms with E-state index in [1.54, 1.807) is 12.3 Å². The number of pyridine rings is 1. The highest BCUT2D eigenvalue weighted by atomic mass is 16.5. The molecule has 0 saturated heterocycles. The zero-order valence-corrected chi connectivity index (χ0v) is 11.5. The molecule has 1 aromatic carbocycles. The monoisotopic (exact) mass is 271 g/mol. The van der Waals surface area contributed by atoms with Crippen LogP contribution in [0.5, 0.6) is 0 Å². The van der Waals surface area contributed by atoms with Gasteiger partial charge < -0.3 is 9.30 Å². The summed E-state index contributed by atoms with van der Waals surface area (Å²) < 4.78 is 7.15. The van der Waals surface area contributed by atoms with Gasteiger partial charge in [0, 0.05) is 17.6 Å². The van der Waals surface area contributed by atoms with Crippen LogP contribution in [-0.4, -0.2) is 17.1 Å². The zero-order chi connectivity index (χ0) is 14.1. The number of nitrogens with zero attached hydrogens (tertiary/aromatic N) is 1. The maximum Gasteiger partial charge on any atom is 0.343 e. The highest BCUT2D eigenvalue weighted by Gasteiger charge is 2.26. The van der Waals surface area contributed by atoms with Crippen molar-refractivity contribution in [3.8, 4) is 0 Å². The summed E-state index contributed by atoms with van der Waals surface area (Å²) in [6, 6.07) is 7.83. The van der Waals surface area contributed by atoms with E-state index in [0.29, 0.717) is 18.0 Å². The molecule has 3 rings (SSSR count). The fourth-order valence-electron chi connectivity index (χ4n) is 2.38. The van der Waals surface area contributed by atoms with Crippen LogP contribution in [-0.2, 0) is 4.74 Å². The lowest BCUT2D eigenvalue weighted by molar-refractivity contribution is 0.0503. The van der Waals surface area contributed by atoms with E-state index >= 15 is 0 Å². The Kier molecular flexibility index (Phi) is 3.30. The van der Waals surface area contributed by atoms with E-state index < -0.39 is 5.97 Å². The predicted molar refractivity (Wildman–Crippen MR) is 77.1 cm³/mol. The van der Waals surface area contributed by atoms with E-state index in [-0.39, 0.29) is 11.0 Å². The number of ether oxygens (including phenoxy) is 1. The van der Waals surface area contributed by atoms with Gasteiger partial charge in [0.15, 0.2) is 0 Å². The zero-order valence-electron chi connectivity index (χ0n) is 11.5. The van der Waals surface area contributed by atoms with Crippen LogP contribution in [0.1, 0.15) is 42.6 Å². The lowest BCUT2D eigenvalue weighted by Crippen LogP contribution is -2.21. The summed E-state index contributed by atoms with van der Waals surface area (Å²) in [6.07, 6.45) is 4.60. The Balaban J connectivity index is 2.15. The van der Waals surface area contributed by atoms with Gasteiger partial charge in [0.1, 0.15) is 5.56 Å². The second kappa shape index (κ2) is 5.12. The Morgan fingerprint density at radius 2 is 2.10 bits per heavy atom. The molecule has 1 aromatic heterocycles. The number of benzene rings is 1. The first-order valence-corrected chi connectivity index (χ1v) is 7.03. The Morgan fingerprint density at radius 1 is 1.35 bits per heavy atom. The number of carbonyl (C=O) groups excluding carboxylic acids is 1. The highest BCUT2D eigenvalue weighted by Crippen LogP contribution is 2.36. The highest BCUT2D eigenvalue weighted by molar-refractivity contribution is 5.93. The predicted octanol–water partition coefficient (Wildman–Crippen LogP) is 2.90. The van der Waals surface area contributed by atoms with E-state index in [4.69, 9.17) is 4.74 Å². The summed E-state index contributed by atoms with van der Waals surface area (Å²) in [5.41, 5.74) is 0.801. The molecule has 0 unspecified atom stereocenters. The van der Waals surface area contributed by atoms with E-state index in [9.17, 15) is 9.59 Å². The van der Waals surface area contributed by atoms with Crippen LogP contribution in [0.3, 0.4) is 0 Å². The van der Waals surface area contributed by atoms with E-state index in [0.717, 1.165) is 24.8 Å². The molecule has 20 heavy (non-hydrogen) atoms. The SMILES string of the molecule is CCCOC(=O)c1cn(C2CC2)c2ccccc2c1=O. The van der Waals surface area contributed by atoms with Gasteiger partial charge >= 0.3 is 5.97 Å². The summed E-state index contributed by atoms with van der Waals surface area (Å²) >= 11 is 0. The fraction of sp³-hybridized carbons (Fsp3) is 0.375. The topological polar surface area (TPSA) is 48.3 Å². The van der Waals surface area contributed by atoms with Crippen molar-refractivity contribution in [1.82, 2.24) is 4.57 Å². The van der Waals surface area contributed by atoms with Crippen LogP contribution in [0, 0.1) is 0 Å². The van der Waals surface area contributed by atoms with Gasteiger partial charge in [0.25, 0.3) is 0 Å². The average Bonchev–Trinajstić information content (AvgIpc) is 3.30. The van der Waals surface area contributed by atoms with Crippen molar-refractivity contribution in [2.24, 2.45) is 0 Å². The second-order valence-electron chi connectivity index (χ2n) is 5.16. The summed E-state index contributed by atoms with van der Waals surface area (Å²) in [4.78, 5) is 24.4. The number of para-hydroxylation sites is 1. The molecule has 0 atom stereocenters. The van der Waals surface area contributed by atoms with Crippen molar-refractivity contribution in [3.63, 3.8) is 0 Å². The first-order chi connectivity index (χ1) is 9.72. The third-order valence-corrected chi connectivity index (χ3v) is 3.54. The average molecular weight is 271 g/mol. The lowest BCUT2D eigenvalue weighted by Gasteiger charge is -2.12. The van der Waals surface area contributed by atoms with Crippen LogP contribution >= 0.6 is 0 Å². The lowest BCUT2D eigenvalue weighted by atomic mass is 10.1. The van der Waals surface area contributed by atoms with Gasteiger partial charge in [-0.05, 0) is 31.4 Å². The fourth-order valence-corrected chi connectivity index (χ4v) is 2.38. The minimum atomic E-state index is -0.517. The maximum atomic E-state index is 12.4. The van der Waals surface area contributed by atoms with Gasteiger partial charge in [-0.15, -0.1) is 0 Å². The molecule has 4 heteroatoms. The van der Waals surface area contributed by atoms with Crippen LogP contribution in [0.2, 0.25) is 0 Å². The van der Waals surface area contributed by atoms with Crippen molar-refractivity contribution in [2.75, 3.05) is 6.61 Å². The third-order valence-electron chi connectivity index (χ3n) is 3.54. The molecule has 1 heterocycles. The molecule has 2 aromatic rings. The number of esters is 1. The molecule has 0 bridgehead atoms. The molecule has 4 nitrogen and oxygen atoms in total. The van der Waals surface area contributed by atoms with Crippen LogP contribution < -0.4 is 5.43 Å². The van der Waals surface area contributed by atoms with Crippen molar-refractivity contribution in [2.45, 2.75) is 32.2 Å². The second-order valence-corrected chi connectivity index (χ2v) is 5.16. The molecule has 0 radical (unpaired) electrons. The molecule has 1 aliphatic rings. The van der Waals surface area contributed by atoms with E-state index in [2.05, 4.69) is 0 Å². The van der Waals surface area contributed by atoms with E-state index in [1.165, 1.54) is 0 Å². The molecule has 0 N–H and O–H groups in total. The Bertz CT molecular complexity index is 713. The maximum absolute atomic E-state index is 12.4. The summed E-state index contributed by atoms with van der Waals surface area (Å²) in [6.45, 7) is 2.27. The first-order valence-electron chi connectivity index (χ1n) is 7.03. The van der Waals surface area contributed by atoms with E-state index in [1.807, 2.05) is 29.7 Å². The Labute approximate surface area is 117 Å². The summed E-state index contributed by atoms with van der Waals surface area (Å²) in [5, 5.41) is 0.588. The van der Waals surface area contributed by atoms with Crippen molar-refractivity contribution >= 4 is 16.9 Å². The van der Waals surface area contributed by atoms with Crippen LogP contribution in [0.25, 0.3) is 10.9 Å². The Morgan fingerprint density at radius 3 is 2.80 bits per heavy atom. The van der Waals surface area contributed by atoms with Crippen molar-refractivity contribution in [3.05, 3.63) is 46.2 Å². The standard InChI is InChI=1S/C16H17NO3/c1-2-9-20-16(19)13-10-17(11-7-8-11)14-6-4-3-5-12(14)15(13)18/h3-6,10-11H,2,7-9H2,1H3. The smallest absolute Gasteiger partial charge is 0.343 e. The van der Waals surface area contributed by atoms with Gasteiger partial charge in [0.05, 0.1) is 12.1 Å². The minimum absolute atomic E-state index is 0.143. The van der Waals surface area contributed by atoms with Crippen molar-refractivity contribution < 1.29 is 9.53 Å². The molecule has 1 saturated carbocycles. The van der Waals surface area contributed by atoms with Crippen LogP contribution in [0.4, 0.5) is 0 Å². The number of hydrogen-bond donors (Lipinski definition) is 0. The first kappa shape index (κ1) is 12.9. The molecule has 1 fully saturated rings. The molecule has 0 amide bonds. The minimum Gasteiger partial charge on any atom is -0.462 e. The molecule has 1 aliphatic carbocycles. The van der Waals surface area contributed by atoms with Gasteiger partial charge in [-0.25, -0.2) is 4.79 Å². The summed E-state index contributed by atoms with van der Waals surface area (Å²) in [7, 11) is 0. The normalized spacial score (nSPS) is 14.4. The third kappa shape index (κ3) is 2.22. The number of hydrogen-bond acceptors (Lipinski definition) is 3. The number of aromatic nitrogens is 1. The molecule has 0 aliphatic heterocycles. The largest absolute Gasteiger partial charge is 0.462 e. The summed E-state index contributed by atoms with van der Waals surface area (Å²) in [5.74, 6) is -0.517. The molecule has 0 spiro atoms. The quantitative estimate of drug-likeness (QED) is 0.803. The van der Waals surface area contributed by atoms with Crippen LogP contribution in [0.15, 0.2) is 35.3 Å². The molecular formula is C16H17NO3. The number of rotatable bonds is 4. The van der Waals surface area contributed by atoms with Crippen molar-refractivity contribution in [1.29, 1.82) is 0 Å². The molecular weight excluding hydrogens is 254 g/mol. The van der Waals surface area contributed by atoms with Gasteiger partial charge in [-0.3, -0.25) is 4.79 Å². The van der Waals surface area contributed by atoms with Gasteiger partial charge in [0.2, 0.25) is 5.43 Å².